The van der Waals surface area contributed by atoms with Crippen LogP contribution in [0, 0.1) is 0 Å². The highest BCUT2D eigenvalue weighted by Gasteiger charge is 2.17. The predicted octanol–water partition coefficient (Wildman–Crippen LogP) is 3.57. The van der Waals surface area contributed by atoms with Crippen LogP contribution in [0.25, 0.3) is 0 Å². The lowest BCUT2D eigenvalue weighted by Gasteiger charge is -2.36. The summed E-state index contributed by atoms with van der Waals surface area (Å²) in [5.74, 6) is 0. The van der Waals surface area contributed by atoms with Gasteiger partial charge < -0.3 is 4.90 Å². The highest BCUT2D eigenvalue weighted by atomic mass is 15.3. The van der Waals surface area contributed by atoms with Crippen LogP contribution in [-0.2, 0) is 13.0 Å². The number of anilines is 1. The number of aryl methyl sites for hydroxylation is 1. The Hall–Kier alpha value is -1.80. The maximum absolute atomic E-state index is 2.56. The van der Waals surface area contributed by atoms with E-state index in [0.717, 1.165) is 39.1 Å². The molecule has 0 atom stereocenters. The monoisotopic (exact) mass is 280 g/mol. The number of rotatable bonds is 4. The second-order valence-corrected chi connectivity index (χ2v) is 5.77. The first-order chi connectivity index (χ1) is 10.3. The molecule has 1 heterocycles. The Bertz CT molecular complexity index is 557. The molecule has 2 nitrogen and oxygen atoms in total. The zero-order chi connectivity index (χ0) is 14.5. The second kappa shape index (κ2) is 6.77. The smallest absolute Gasteiger partial charge is 0.0367 e. The third-order valence-electron chi connectivity index (χ3n) is 4.30. The largest absolute Gasteiger partial charge is 0.369 e. The molecule has 0 unspecified atom stereocenters. The highest BCUT2D eigenvalue weighted by Crippen LogP contribution is 2.17. The van der Waals surface area contributed by atoms with E-state index in [1.807, 2.05) is 0 Å². The molecule has 0 N–H and O–H groups in total. The number of para-hydroxylation sites is 1. The minimum absolute atomic E-state index is 1.08. The summed E-state index contributed by atoms with van der Waals surface area (Å²) in [6.45, 7) is 7.83. The van der Waals surface area contributed by atoms with Gasteiger partial charge in [0, 0.05) is 38.4 Å². The molecule has 110 valence electrons. The molecule has 0 saturated carbocycles. The molecule has 3 rings (SSSR count). The summed E-state index contributed by atoms with van der Waals surface area (Å²) in [6, 6.07) is 19.8. The number of hydrogen-bond donors (Lipinski definition) is 0. The average Bonchev–Trinajstić information content (AvgIpc) is 2.56. The number of hydrogen-bond acceptors (Lipinski definition) is 2. The second-order valence-electron chi connectivity index (χ2n) is 5.77. The predicted molar refractivity (Wildman–Crippen MR) is 89.8 cm³/mol. The zero-order valence-electron chi connectivity index (χ0n) is 12.8. The molecule has 0 amide bonds. The first kappa shape index (κ1) is 14.2. The molecular formula is C19H24N2. The van der Waals surface area contributed by atoms with Gasteiger partial charge in [-0.2, -0.15) is 0 Å². The SMILES string of the molecule is CCc1cccc(CN2CCN(c3ccccc3)CC2)c1. The van der Waals surface area contributed by atoms with E-state index in [9.17, 15) is 0 Å². The normalized spacial score (nSPS) is 16.1. The van der Waals surface area contributed by atoms with Crippen LogP contribution in [0.3, 0.4) is 0 Å². The van der Waals surface area contributed by atoms with Gasteiger partial charge in [0.1, 0.15) is 0 Å². The lowest BCUT2D eigenvalue weighted by Crippen LogP contribution is -2.45. The Morgan fingerprint density at radius 2 is 1.52 bits per heavy atom. The van der Waals surface area contributed by atoms with Crippen LogP contribution in [-0.4, -0.2) is 31.1 Å². The van der Waals surface area contributed by atoms with Crippen molar-refractivity contribution in [3.05, 3.63) is 65.7 Å². The van der Waals surface area contributed by atoms with Gasteiger partial charge in [0.05, 0.1) is 0 Å². The molecule has 2 aromatic rings. The van der Waals surface area contributed by atoms with Gasteiger partial charge in [-0.3, -0.25) is 4.90 Å². The molecule has 0 aromatic heterocycles. The van der Waals surface area contributed by atoms with E-state index in [0.29, 0.717) is 0 Å². The van der Waals surface area contributed by atoms with E-state index in [2.05, 4.69) is 71.3 Å². The van der Waals surface area contributed by atoms with Crippen molar-refractivity contribution in [1.82, 2.24) is 4.90 Å². The third-order valence-corrected chi connectivity index (χ3v) is 4.30. The molecule has 0 spiro atoms. The van der Waals surface area contributed by atoms with Crippen LogP contribution in [0.5, 0.6) is 0 Å². The van der Waals surface area contributed by atoms with Gasteiger partial charge >= 0.3 is 0 Å². The third kappa shape index (κ3) is 3.64. The fraction of sp³-hybridized carbons (Fsp3) is 0.368. The Kier molecular flexibility index (Phi) is 4.56. The first-order valence-corrected chi connectivity index (χ1v) is 7.95. The summed E-state index contributed by atoms with van der Waals surface area (Å²) in [7, 11) is 0. The zero-order valence-corrected chi connectivity index (χ0v) is 12.8. The number of benzene rings is 2. The van der Waals surface area contributed by atoms with E-state index in [-0.39, 0.29) is 0 Å². The minimum atomic E-state index is 1.08. The minimum Gasteiger partial charge on any atom is -0.369 e. The van der Waals surface area contributed by atoms with Gasteiger partial charge in [0.25, 0.3) is 0 Å². The van der Waals surface area contributed by atoms with Crippen molar-refractivity contribution in [3.63, 3.8) is 0 Å². The van der Waals surface area contributed by atoms with Crippen molar-refractivity contribution in [2.24, 2.45) is 0 Å². The average molecular weight is 280 g/mol. The van der Waals surface area contributed by atoms with Gasteiger partial charge in [-0.1, -0.05) is 49.4 Å². The lowest BCUT2D eigenvalue weighted by atomic mass is 10.1. The van der Waals surface area contributed by atoms with Crippen molar-refractivity contribution in [2.75, 3.05) is 31.1 Å². The van der Waals surface area contributed by atoms with E-state index < -0.39 is 0 Å². The Morgan fingerprint density at radius 3 is 2.24 bits per heavy atom. The summed E-state index contributed by atoms with van der Waals surface area (Å²) in [6.07, 6.45) is 1.12. The first-order valence-electron chi connectivity index (χ1n) is 7.95. The van der Waals surface area contributed by atoms with Crippen molar-refractivity contribution < 1.29 is 0 Å². The standard InChI is InChI=1S/C19H24N2/c1-2-17-7-6-8-18(15-17)16-20-11-13-21(14-12-20)19-9-4-3-5-10-19/h3-10,15H,2,11-14,16H2,1H3. The molecule has 1 aliphatic heterocycles. The van der Waals surface area contributed by atoms with E-state index in [4.69, 9.17) is 0 Å². The van der Waals surface area contributed by atoms with E-state index >= 15 is 0 Å². The molecule has 0 radical (unpaired) electrons. The molecule has 0 bridgehead atoms. The lowest BCUT2D eigenvalue weighted by molar-refractivity contribution is 0.250. The summed E-state index contributed by atoms with van der Waals surface area (Å²) in [5, 5.41) is 0. The van der Waals surface area contributed by atoms with Crippen molar-refractivity contribution in [2.45, 2.75) is 19.9 Å². The molecular weight excluding hydrogens is 256 g/mol. The van der Waals surface area contributed by atoms with Crippen molar-refractivity contribution >= 4 is 5.69 Å². The maximum atomic E-state index is 2.56. The molecule has 1 aliphatic rings. The fourth-order valence-electron chi connectivity index (χ4n) is 3.01. The number of piperazine rings is 1. The van der Waals surface area contributed by atoms with Crippen LogP contribution in [0.2, 0.25) is 0 Å². The van der Waals surface area contributed by atoms with Crippen LogP contribution < -0.4 is 4.90 Å². The van der Waals surface area contributed by atoms with Crippen LogP contribution in [0.15, 0.2) is 54.6 Å². The topological polar surface area (TPSA) is 6.48 Å². The molecule has 1 fully saturated rings. The summed E-state index contributed by atoms with van der Waals surface area (Å²) in [4.78, 5) is 5.05. The molecule has 21 heavy (non-hydrogen) atoms. The van der Waals surface area contributed by atoms with E-state index in [1.54, 1.807) is 0 Å². The van der Waals surface area contributed by atoms with Gasteiger partial charge in [0.2, 0.25) is 0 Å². The van der Waals surface area contributed by atoms with Gasteiger partial charge in [-0.15, -0.1) is 0 Å². The highest BCUT2D eigenvalue weighted by molar-refractivity contribution is 5.46. The quantitative estimate of drug-likeness (QED) is 0.845. The molecule has 1 saturated heterocycles. The Morgan fingerprint density at radius 1 is 0.810 bits per heavy atom. The van der Waals surface area contributed by atoms with Gasteiger partial charge in [0.15, 0.2) is 0 Å². The van der Waals surface area contributed by atoms with Gasteiger partial charge in [-0.25, -0.2) is 0 Å². The Labute approximate surface area is 128 Å². The number of nitrogens with zero attached hydrogens (tertiary/aromatic N) is 2. The van der Waals surface area contributed by atoms with Crippen LogP contribution >= 0.6 is 0 Å². The Balaban J connectivity index is 1.56. The van der Waals surface area contributed by atoms with Crippen LogP contribution in [0.4, 0.5) is 5.69 Å². The van der Waals surface area contributed by atoms with Gasteiger partial charge in [-0.05, 0) is 29.7 Å². The van der Waals surface area contributed by atoms with E-state index in [1.165, 1.54) is 16.8 Å². The fourth-order valence-corrected chi connectivity index (χ4v) is 3.01. The summed E-state index contributed by atoms with van der Waals surface area (Å²) in [5.41, 5.74) is 4.24. The summed E-state index contributed by atoms with van der Waals surface area (Å²) < 4.78 is 0. The summed E-state index contributed by atoms with van der Waals surface area (Å²) >= 11 is 0. The van der Waals surface area contributed by atoms with Crippen LogP contribution in [0.1, 0.15) is 18.1 Å². The molecule has 2 aromatic carbocycles. The maximum Gasteiger partial charge on any atom is 0.0367 e. The van der Waals surface area contributed by atoms with Crippen molar-refractivity contribution in [3.8, 4) is 0 Å². The van der Waals surface area contributed by atoms with Crippen molar-refractivity contribution in [1.29, 1.82) is 0 Å². The molecule has 0 aliphatic carbocycles. The molecule has 2 heteroatoms.